The van der Waals surface area contributed by atoms with Crippen molar-refractivity contribution in [1.29, 1.82) is 0 Å². The molecule has 2 aromatic carbocycles. The summed E-state index contributed by atoms with van der Waals surface area (Å²) in [5.41, 5.74) is 2.65. The van der Waals surface area contributed by atoms with Gasteiger partial charge in [0.2, 0.25) is 11.8 Å². The Morgan fingerprint density at radius 2 is 1.67 bits per heavy atom. The van der Waals surface area contributed by atoms with Gasteiger partial charge in [0.05, 0.1) is 6.42 Å². The molecular weight excluding hydrogens is 343 g/mol. The molecule has 1 aliphatic rings. The van der Waals surface area contributed by atoms with Gasteiger partial charge < -0.3 is 10.2 Å². The fraction of sp³-hybridized carbons (Fsp3) is 0.364. The lowest BCUT2D eigenvalue weighted by Gasteiger charge is -2.31. The molecule has 4 nitrogen and oxygen atoms in total. The Morgan fingerprint density at radius 1 is 1.04 bits per heavy atom. The highest BCUT2D eigenvalue weighted by Crippen LogP contribution is 2.19. The predicted molar refractivity (Wildman–Crippen MR) is 102 cm³/mol. The van der Waals surface area contributed by atoms with E-state index in [1.165, 1.54) is 6.07 Å². The molecule has 1 heterocycles. The van der Waals surface area contributed by atoms with E-state index in [0.717, 1.165) is 11.1 Å². The van der Waals surface area contributed by atoms with Crippen LogP contribution in [0.15, 0.2) is 48.5 Å². The number of nitrogens with zero attached hydrogens (tertiary/aromatic N) is 1. The molecule has 0 unspecified atom stereocenters. The maximum atomic E-state index is 13.6. The summed E-state index contributed by atoms with van der Waals surface area (Å²) >= 11 is 0. The van der Waals surface area contributed by atoms with Gasteiger partial charge in [-0.2, -0.15) is 0 Å². The molecule has 0 bridgehead atoms. The van der Waals surface area contributed by atoms with E-state index in [-0.39, 0.29) is 30.1 Å². The van der Waals surface area contributed by atoms with Gasteiger partial charge in [0.15, 0.2) is 0 Å². The highest BCUT2D eigenvalue weighted by molar-refractivity contribution is 5.81. The Bertz CT molecular complexity index is 813. The molecule has 27 heavy (non-hydrogen) atoms. The first-order chi connectivity index (χ1) is 13.0. The first kappa shape index (κ1) is 19.1. The zero-order valence-corrected chi connectivity index (χ0v) is 15.6. The van der Waals surface area contributed by atoms with Crippen molar-refractivity contribution in [3.05, 3.63) is 71.0 Å². The summed E-state index contributed by atoms with van der Waals surface area (Å²) in [6.07, 6.45) is 1.68. The van der Waals surface area contributed by atoms with Crippen molar-refractivity contribution in [2.75, 3.05) is 13.1 Å². The van der Waals surface area contributed by atoms with Crippen molar-refractivity contribution >= 4 is 11.8 Å². The molecule has 1 saturated heterocycles. The lowest BCUT2D eigenvalue weighted by molar-refractivity contribution is -0.135. The average Bonchev–Trinajstić information content (AvgIpc) is 2.69. The highest BCUT2D eigenvalue weighted by atomic mass is 19.1. The number of piperidine rings is 1. The number of carbonyl (C=O) groups excluding carboxylic acids is 2. The van der Waals surface area contributed by atoms with E-state index in [9.17, 15) is 14.0 Å². The second-order valence-corrected chi connectivity index (χ2v) is 7.07. The van der Waals surface area contributed by atoms with Crippen LogP contribution in [0.1, 0.15) is 29.5 Å². The van der Waals surface area contributed by atoms with Crippen molar-refractivity contribution in [1.82, 2.24) is 10.2 Å². The summed E-state index contributed by atoms with van der Waals surface area (Å²) < 4.78 is 13.6. The summed E-state index contributed by atoms with van der Waals surface area (Å²) in [5, 5.41) is 2.82. The van der Waals surface area contributed by atoms with Crippen molar-refractivity contribution in [2.45, 2.75) is 32.7 Å². The maximum absolute atomic E-state index is 13.6. The molecule has 0 spiro atoms. The first-order valence-corrected chi connectivity index (χ1v) is 9.38. The van der Waals surface area contributed by atoms with Crippen LogP contribution in [0.5, 0.6) is 0 Å². The van der Waals surface area contributed by atoms with E-state index < -0.39 is 0 Å². The SMILES string of the molecule is Cc1ccccc1CC(=O)N1CCC(C(=O)NCc2ccccc2F)CC1. The molecule has 0 aliphatic carbocycles. The largest absolute Gasteiger partial charge is 0.352 e. The third-order valence-electron chi connectivity index (χ3n) is 5.23. The Hall–Kier alpha value is -2.69. The van der Waals surface area contributed by atoms with Gasteiger partial charge in [-0.25, -0.2) is 4.39 Å². The zero-order chi connectivity index (χ0) is 19.2. The van der Waals surface area contributed by atoms with Gasteiger partial charge in [0, 0.05) is 31.1 Å². The number of rotatable bonds is 5. The average molecular weight is 368 g/mol. The minimum atomic E-state index is -0.311. The van der Waals surface area contributed by atoms with Gasteiger partial charge in [-0.3, -0.25) is 9.59 Å². The summed E-state index contributed by atoms with van der Waals surface area (Å²) in [5.74, 6) is -0.396. The summed E-state index contributed by atoms with van der Waals surface area (Å²) in [7, 11) is 0. The lowest BCUT2D eigenvalue weighted by atomic mass is 9.95. The van der Waals surface area contributed by atoms with Crippen LogP contribution in [-0.2, 0) is 22.6 Å². The van der Waals surface area contributed by atoms with Crippen LogP contribution in [0.25, 0.3) is 0 Å². The normalized spacial score (nSPS) is 14.8. The molecule has 0 atom stereocenters. The molecule has 0 saturated carbocycles. The molecule has 2 aromatic rings. The number of hydrogen-bond donors (Lipinski definition) is 1. The number of carbonyl (C=O) groups is 2. The molecule has 2 amide bonds. The van der Waals surface area contributed by atoms with E-state index in [1.807, 2.05) is 36.1 Å². The highest BCUT2D eigenvalue weighted by Gasteiger charge is 2.27. The van der Waals surface area contributed by atoms with Crippen molar-refractivity contribution in [3.8, 4) is 0 Å². The molecule has 142 valence electrons. The van der Waals surface area contributed by atoms with E-state index in [4.69, 9.17) is 0 Å². The molecule has 0 aromatic heterocycles. The number of benzene rings is 2. The number of likely N-dealkylation sites (tertiary alicyclic amines) is 1. The summed E-state index contributed by atoms with van der Waals surface area (Å²) in [4.78, 5) is 26.7. The quantitative estimate of drug-likeness (QED) is 0.881. The van der Waals surface area contributed by atoms with Crippen molar-refractivity contribution in [3.63, 3.8) is 0 Å². The fourth-order valence-corrected chi connectivity index (χ4v) is 3.44. The monoisotopic (exact) mass is 368 g/mol. The molecule has 1 N–H and O–H groups in total. The summed E-state index contributed by atoms with van der Waals surface area (Å²) in [6, 6.07) is 14.3. The van der Waals surface area contributed by atoms with Gasteiger partial charge in [0.25, 0.3) is 0 Å². The van der Waals surface area contributed by atoms with Crippen LogP contribution >= 0.6 is 0 Å². The van der Waals surface area contributed by atoms with Crippen LogP contribution < -0.4 is 5.32 Å². The first-order valence-electron chi connectivity index (χ1n) is 9.38. The second kappa shape index (κ2) is 8.80. The van der Waals surface area contributed by atoms with Crippen LogP contribution in [0, 0.1) is 18.7 Å². The van der Waals surface area contributed by atoms with Gasteiger partial charge in [-0.1, -0.05) is 42.5 Å². The van der Waals surface area contributed by atoms with Crippen LogP contribution in [-0.4, -0.2) is 29.8 Å². The van der Waals surface area contributed by atoms with Crippen LogP contribution in [0.3, 0.4) is 0 Å². The molecule has 5 heteroatoms. The fourth-order valence-electron chi connectivity index (χ4n) is 3.44. The number of hydrogen-bond acceptors (Lipinski definition) is 2. The van der Waals surface area contributed by atoms with E-state index >= 15 is 0 Å². The third-order valence-corrected chi connectivity index (χ3v) is 5.23. The lowest BCUT2D eigenvalue weighted by Crippen LogP contribution is -2.43. The topological polar surface area (TPSA) is 49.4 Å². The van der Waals surface area contributed by atoms with Crippen LogP contribution in [0.2, 0.25) is 0 Å². The van der Waals surface area contributed by atoms with Gasteiger partial charge >= 0.3 is 0 Å². The minimum Gasteiger partial charge on any atom is -0.352 e. The molecule has 1 fully saturated rings. The predicted octanol–water partition coefficient (Wildman–Crippen LogP) is 3.23. The van der Waals surface area contributed by atoms with Gasteiger partial charge in [0.1, 0.15) is 5.82 Å². The van der Waals surface area contributed by atoms with Crippen LogP contribution in [0.4, 0.5) is 4.39 Å². The number of nitrogens with one attached hydrogen (secondary N) is 1. The van der Waals surface area contributed by atoms with Gasteiger partial charge in [-0.05, 0) is 37.0 Å². The Kier molecular flexibility index (Phi) is 6.22. The number of halogens is 1. The third kappa shape index (κ3) is 4.94. The van der Waals surface area contributed by atoms with Gasteiger partial charge in [-0.15, -0.1) is 0 Å². The van der Waals surface area contributed by atoms with E-state index in [2.05, 4.69) is 5.32 Å². The zero-order valence-electron chi connectivity index (χ0n) is 15.6. The van der Waals surface area contributed by atoms with Crippen molar-refractivity contribution in [2.24, 2.45) is 5.92 Å². The standard InChI is InChI=1S/C22H25FN2O2/c1-16-6-2-3-7-18(16)14-21(26)25-12-10-17(11-13-25)22(27)24-15-19-8-4-5-9-20(19)23/h2-9,17H,10-15H2,1H3,(H,24,27). The molecule has 1 aliphatic heterocycles. The smallest absolute Gasteiger partial charge is 0.226 e. The van der Waals surface area contributed by atoms with E-state index in [0.29, 0.717) is 37.9 Å². The molecular formula is C22H25FN2O2. The number of aryl methyl sites for hydroxylation is 1. The Labute approximate surface area is 159 Å². The maximum Gasteiger partial charge on any atom is 0.226 e. The van der Waals surface area contributed by atoms with E-state index in [1.54, 1.807) is 18.2 Å². The number of amides is 2. The summed E-state index contributed by atoms with van der Waals surface area (Å²) in [6.45, 7) is 3.37. The second-order valence-electron chi connectivity index (χ2n) is 7.07. The Balaban J connectivity index is 1.47. The van der Waals surface area contributed by atoms with Crippen molar-refractivity contribution < 1.29 is 14.0 Å². The molecule has 3 rings (SSSR count). The molecule has 0 radical (unpaired) electrons. The Morgan fingerprint density at radius 3 is 2.33 bits per heavy atom. The minimum absolute atomic E-state index is 0.0655.